The molecule has 3 atom stereocenters. The van der Waals surface area contributed by atoms with Gasteiger partial charge in [-0.25, -0.2) is 19.2 Å². The molecule has 3 N–H and O–H groups in total. The number of benzene rings is 1. The van der Waals surface area contributed by atoms with Crippen molar-refractivity contribution in [1.82, 2.24) is 46.2 Å². The molecule has 0 radical (unpaired) electrons. The van der Waals surface area contributed by atoms with Gasteiger partial charge in [0.2, 0.25) is 5.91 Å². The van der Waals surface area contributed by atoms with Crippen LogP contribution < -0.4 is 16.2 Å². The van der Waals surface area contributed by atoms with Crippen molar-refractivity contribution in [1.29, 1.82) is 0 Å². The monoisotopic (exact) mass is 371 g/mol. The summed E-state index contributed by atoms with van der Waals surface area (Å²) in [7, 11) is 0. The van der Waals surface area contributed by atoms with E-state index in [0.29, 0.717) is 12.2 Å². The molecule has 2 aromatic heterocycles. The maximum absolute atomic E-state index is 13.9. The van der Waals surface area contributed by atoms with Crippen LogP contribution in [0.3, 0.4) is 0 Å². The smallest absolute Gasteiger partial charge is 0.228 e. The molecule has 11 heteroatoms. The predicted molar refractivity (Wildman–Crippen MR) is 91.6 cm³/mol. The highest BCUT2D eigenvalue weighted by molar-refractivity contribution is 5.80. The average Bonchev–Trinajstić information content (AvgIpc) is 3.41. The van der Waals surface area contributed by atoms with E-state index in [-0.39, 0.29) is 23.9 Å². The molecule has 1 amide bonds. The van der Waals surface area contributed by atoms with E-state index in [1.165, 1.54) is 21.8 Å². The van der Waals surface area contributed by atoms with Crippen LogP contribution in [0.4, 0.5) is 4.39 Å². The van der Waals surface area contributed by atoms with Crippen LogP contribution >= 0.6 is 0 Å². The Balaban J connectivity index is 1.45. The summed E-state index contributed by atoms with van der Waals surface area (Å²) < 4.78 is 16.9. The Morgan fingerprint density at radius 3 is 3.04 bits per heavy atom. The lowest BCUT2D eigenvalue weighted by Gasteiger charge is -2.19. The molecule has 3 aromatic rings. The van der Waals surface area contributed by atoms with Gasteiger partial charge >= 0.3 is 0 Å². The fourth-order valence-electron chi connectivity index (χ4n) is 3.00. The minimum absolute atomic E-state index is 0.154. The van der Waals surface area contributed by atoms with Crippen LogP contribution in [-0.4, -0.2) is 42.4 Å². The molecular formula is C16H18FN9O. The fourth-order valence-corrected chi connectivity index (χ4v) is 3.00. The molecule has 1 aromatic carbocycles. The summed E-state index contributed by atoms with van der Waals surface area (Å²) in [4.78, 5) is 12.7. The van der Waals surface area contributed by atoms with Crippen molar-refractivity contribution in [2.45, 2.75) is 19.1 Å². The number of aromatic nitrogens is 6. The summed E-state index contributed by atoms with van der Waals surface area (Å²) >= 11 is 0. The number of amides is 1. The van der Waals surface area contributed by atoms with E-state index in [4.69, 9.17) is 0 Å². The van der Waals surface area contributed by atoms with E-state index in [2.05, 4.69) is 36.8 Å². The van der Waals surface area contributed by atoms with Gasteiger partial charge in [0.15, 0.2) is 0 Å². The molecule has 4 rings (SSSR count). The number of rotatable bonds is 5. The van der Waals surface area contributed by atoms with E-state index in [1.54, 1.807) is 30.6 Å². The largest absolute Gasteiger partial charge is 0.349 e. The van der Waals surface area contributed by atoms with Crippen LogP contribution in [0.15, 0.2) is 43.0 Å². The van der Waals surface area contributed by atoms with Crippen molar-refractivity contribution in [3.8, 4) is 5.69 Å². The Bertz CT molecular complexity index is 926. The highest BCUT2D eigenvalue weighted by atomic mass is 19.1. The van der Waals surface area contributed by atoms with E-state index in [9.17, 15) is 9.18 Å². The van der Waals surface area contributed by atoms with Gasteiger partial charge < -0.3 is 5.32 Å². The number of tetrazole rings is 1. The Hall–Kier alpha value is -3.18. The fraction of sp³-hybridized carbons (Fsp3) is 0.312. The highest BCUT2D eigenvalue weighted by Crippen LogP contribution is 2.20. The number of nitrogens with one attached hydrogen (secondary N) is 3. The van der Waals surface area contributed by atoms with E-state index >= 15 is 0 Å². The van der Waals surface area contributed by atoms with Gasteiger partial charge in [0.05, 0.1) is 18.2 Å². The van der Waals surface area contributed by atoms with E-state index < -0.39 is 5.92 Å². The summed E-state index contributed by atoms with van der Waals surface area (Å²) in [6, 6.07) is 6.08. The number of hydrogen-bond donors (Lipinski definition) is 3. The summed E-state index contributed by atoms with van der Waals surface area (Å²) in [6.07, 6.45) is 4.38. The van der Waals surface area contributed by atoms with Gasteiger partial charge in [-0.15, -0.1) is 5.10 Å². The number of para-hydroxylation sites is 1. The third kappa shape index (κ3) is 3.41. The molecule has 1 fully saturated rings. The number of hydrogen-bond acceptors (Lipinski definition) is 7. The van der Waals surface area contributed by atoms with Crippen molar-refractivity contribution in [3.63, 3.8) is 0 Å². The van der Waals surface area contributed by atoms with Crippen LogP contribution in [0.25, 0.3) is 5.69 Å². The van der Waals surface area contributed by atoms with E-state index in [0.717, 1.165) is 5.56 Å². The zero-order chi connectivity index (χ0) is 18.8. The van der Waals surface area contributed by atoms with Crippen molar-refractivity contribution in [3.05, 3.63) is 54.4 Å². The van der Waals surface area contributed by atoms with Gasteiger partial charge in [-0.1, -0.05) is 12.1 Å². The molecule has 0 spiro atoms. The molecule has 1 saturated heterocycles. The topological polar surface area (TPSA) is 115 Å². The lowest BCUT2D eigenvalue weighted by Crippen LogP contribution is -2.38. The van der Waals surface area contributed by atoms with Gasteiger partial charge in [-0.3, -0.25) is 10.2 Å². The summed E-state index contributed by atoms with van der Waals surface area (Å²) in [5.41, 5.74) is 7.06. The van der Waals surface area contributed by atoms with Gasteiger partial charge in [-0.05, 0) is 29.5 Å². The number of hydrazine groups is 1. The maximum Gasteiger partial charge on any atom is 0.228 e. The zero-order valence-electron chi connectivity index (χ0n) is 14.5. The molecule has 1 aliphatic rings. The lowest BCUT2D eigenvalue weighted by atomic mass is 10.1. The normalized spacial score (nSPS) is 20.5. The third-order valence-electron chi connectivity index (χ3n) is 4.50. The summed E-state index contributed by atoms with van der Waals surface area (Å²) in [5, 5.41) is 18.2. The number of carbonyl (C=O) groups is 1. The lowest BCUT2D eigenvalue weighted by molar-refractivity contribution is -0.126. The third-order valence-corrected chi connectivity index (χ3v) is 4.50. The first kappa shape index (κ1) is 17.2. The number of nitrogens with zero attached hydrogens (tertiary/aromatic N) is 6. The molecule has 27 heavy (non-hydrogen) atoms. The SMILES string of the molecule is CC(NC(=O)C1CNNC1n1cnnn1)c1cnn(-c2ccccc2F)c1. The first-order chi connectivity index (χ1) is 13.1. The quantitative estimate of drug-likeness (QED) is 0.583. The molecule has 0 bridgehead atoms. The summed E-state index contributed by atoms with van der Waals surface area (Å²) in [6.45, 7) is 2.29. The Morgan fingerprint density at radius 2 is 2.26 bits per heavy atom. The van der Waals surface area contributed by atoms with E-state index in [1.807, 2.05) is 6.92 Å². The molecule has 1 aliphatic heterocycles. The number of carbonyl (C=O) groups excluding carboxylic acids is 1. The molecule has 10 nitrogen and oxygen atoms in total. The predicted octanol–water partition coefficient (Wildman–Crippen LogP) is 0.0979. The first-order valence-corrected chi connectivity index (χ1v) is 8.44. The van der Waals surface area contributed by atoms with Crippen LogP contribution in [0, 0.1) is 11.7 Å². The number of halogens is 1. The van der Waals surface area contributed by atoms with Crippen LogP contribution in [-0.2, 0) is 4.79 Å². The van der Waals surface area contributed by atoms with Crippen molar-refractivity contribution >= 4 is 5.91 Å². The van der Waals surface area contributed by atoms with Gasteiger partial charge in [0.25, 0.3) is 0 Å². The first-order valence-electron chi connectivity index (χ1n) is 8.44. The second-order valence-electron chi connectivity index (χ2n) is 6.27. The molecule has 3 heterocycles. The van der Waals surface area contributed by atoms with Crippen LogP contribution in [0.2, 0.25) is 0 Å². The van der Waals surface area contributed by atoms with Crippen LogP contribution in [0.5, 0.6) is 0 Å². The second kappa shape index (κ2) is 7.21. The molecule has 0 saturated carbocycles. The second-order valence-corrected chi connectivity index (χ2v) is 6.27. The maximum atomic E-state index is 13.9. The van der Waals surface area contributed by atoms with Gasteiger partial charge in [0, 0.05) is 18.3 Å². The molecular weight excluding hydrogens is 353 g/mol. The van der Waals surface area contributed by atoms with Gasteiger partial charge in [-0.2, -0.15) is 5.10 Å². The minimum atomic E-state index is -0.391. The zero-order valence-corrected chi connectivity index (χ0v) is 14.5. The molecule has 140 valence electrons. The van der Waals surface area contributed by atoms with Gasteiger partial charge in [0.1, 0.15) is 24.0 Å². The standard InChI is InChI=1S/C16H18FN9O/c1-10(11-6-20-25(8-11)14-5-3-2-4-13(14)17)21-16(27)12-7-18-22-15(12)26-9-19-23-24-26/h2-6,8-10,12,15,18,22H,7H2,1H3,(H,21,27). The molecule has 3 unspecified atom stereocenters. The minimum Gasteiger partial charge on any atom is -0.349 e. The van der Waals surface area contributed by atoms with Crippen molar-refractivity contribution < 1.29 is 9.18 Å². The summed E-state index contributed by atoms with van der Waals surface area (Å²) in [5.74, 6) is -0.909. The highest BCUT2D eigenvalue weighted by Gasteiger charge is 2.35. The van der Waals surface area contributed by atoms with Crippen molar-refractivity contribution in [2.75, 3.05) is 6.54 Å². The van der Waals surface area contributed by atoms with Crippen LogP contribution in [0.1, 0.15) is 24.7 Å². The Labute approximate surface area is 153 Å². The Morgan fingerprint density at radius 1 is 1.41 bits per heavy atom. The average molecular weight is 371 g/mol. The molecule has 0 aliphatic carbocycles. The van der Waals surface area contributed by atoms with Crippen molar-refractivity contribution in [2.24, 2.45) is 5.92 Å². The Kier molecular flexibility index (Phi) is 4.60.